The molecule has 0 radical (unpaired) electrons. The predicted octanol–water partition coefficient (Wildman–Crippen LogP) is 8.60. The summed E-state index contributed by atoms with van der Waals surface area (Å²) in [6.07, 6.45) is 11.7. The van der Waals surface area contributed by atoms with Crippen molar-refractivity contribution in [3.05, 3.63) is 88.0 Å². The second kappa shape index (κ2) is 17.9. The van der Waals surface area contributed by atoms with E-state index in [2.05, 4.69) is 69.4 Å². The average Bonchev–Trinajstić information content (AvgIpc) is 3.78. The summed E-state index contributed by atoms with van der Waals surface area (Å²) in [7, 11) is 0. The van der Waals surface area contributed by atoms with Crippen LogP contribution in [0.3, 0.4) is 0 Å². The van der Waals surface area contributed by atoms with Gasteiger partial charge in [-0.3, -0.25) is 0 Å². The Morgan fingerprint density at radius 3 is 1.30 bits per heavy atom. The van der Waals surface area contributed by atoms with E-state index in [0.29, 0.717) is 18.0 Å². The van der Waals surface area contributed by atoms with Gasteiger partial charge in [0.1, 0.15) is 23.4 Å². The lowest BCUT2D eigenvalue weighted by Crippen LogP contribution is -2.20. The molecule has 2 aliphatic carbocycles. The van der Waals surface area contributed by atoms with Gasteiger partial charge in [0.05, 0.1) is 12.2 Å². The van der Waals surface area contributed by atoms with E-state index < -0.39 is 0 Å². The number of aliphatic hydroxyl groups is 1. The summed E-state index contributed by atoms with van der Waals surface area (Å²) in [5.41, 5.74) is 6.87. The fourth-order valence-electron chi connectivity index (χ4n) is 5.75. The topological polar surface area (TPSA) is 71.0 Å². The van der Waals surface area contributed by atoms with Gasteiger partial charge in [-0.05, 0) is 126 Å². The third kappa shape index (κ3) is 11.5. The fraction of sp³-hybridized carbons (Fsp3) is 0.526. The quantitative estimate of drug-likeness (QED) is 0.284. The second-order valence-electron chi connectivity index (χ2n) is 12.4. The molecule has 1 unspecified atom stereocenters. The molecule has 2 saturated carbocycles. The van der Waals surface area contributed by atoms with Gasteiger partial charge in [-0.25, -0.2) is 0 Å². The molecular weight excluding hydrogens is 534 g/mol. The molecule has 5 nitrogen and oxygen atoms in total. The van der Waals surface area contributed by atoms with Crippen LogP contribution in [0.2, 0.25) is 0 Å². The lowest BCUT2D eigenvalue weighted by Gasteiger charge is -2.17. The summed E-state index contributed by atoms with van der Waals surface area (Å²) < 4.78 is 12.0. The number of aryl methyl sites for hydroxylation is 6. The van der Waals surface area contributed by atoms with Gasteiger partial charge in [-0.1, -0.05) is 67.4 Å². The van der Waals surface area contributed by atoms with Crippen LogP contribution in [-0.4, -0.2) is 41.6 Å². The van der Waals surface area contributed by atoms with Gasteiger partial charge in [-0.15, -0.1) is 0 Å². The number of hydrogen-bond acceptors (Lipinski definition) is 5. The monoisotopic (exact) mass is 589 g/mol. The normalized spacial score (nSPS) is 18.1. The third-order valence-electron chi connectivity index (χ3n) is 8.47. The highest BCUT2D eigenvalue weighted by Gasteiger charge is 2.18. The molecular formula is C38H55NO4. The van der Waals surface area contributed by atoms with Crippen LogP contribution in [0.1, 0.15) is 91.2 Å². The van der Waals surface area contributed by atoms with Crippen molar-refractivity contribution in [1.82, 2.24) is 5.32 Å². The summed E-state index contributed by atoms with van der Waals surface area (Å²) in [6, 6.07) is 18.3. The standard InChI is InChI=1S/C13H18O.C12H17NO.C8H10O.C5H10O/c1-10-6-5-7-11(2)13(10)14-12-8-3-4-9-12;1-9-4-3-5-10(2)12(9)14-11-6-7-13-8-11;1-6-4-3-5-7(2)8(6)9;6-5-3-1-2-4-5/h5-7,12H,3-4,8-9H2,1-2H3;3-5,11,13H,6-8H2,1-2H3;3-5,9H,1-2H3;5-6H,1-4H2. The maximum atomic E-state index is 9.21. The van der Waals surface area contributed by atoms with Crippen molar-refractivity contribution < 1.29 is 19.7 Å². The highest BCUT2D eigenvalue weighted by molar-refractivity contribution is 5.41. The van der Waals surface area contributed by atoms with Gasteiger partial charge in [0, 0.05) is 6.54 Å². The molecule has 3 aliphatic rings. The van der Waals surface area contributed by atoms with E-state index in [9.17, 15) is 5.11 Å². The first kappa shape index (κ1) is 34.5. The Kier molecular flexibility index (Phi) is 14.4. The van der Waals surface area contributed by atoms with Crippen LogP contribution in [0.25, 0.3) is 0 Å². The molecule has 3 aromatic rings. The van der Waals surface area contributed by atoms with Crippen molar-refractivity contribution in [1.29, 1.82) is 0 Å². The molecule has 1 aliphatic heterocycles. The van der Waals surface area contributed by atoms with Crippen molar-refractivity contribution in [2.24, 2.45) is 0 Å². The summed E-state index contributed by atoms with van der Waals surface area (Å²) in [5.74, 6) is 2.60. The van der Waals surface area contributed by atoms with Crippen LogP contribution in [-0.2, 0) is 0 Å². The molecule has 3 fully saturated rings. The Hall–Kier alpha value is -3.02. The van der Waals surface area contributed by atoms with Gasteiger partial charge >= 0.3 is 0 Å². The van der Waals surface area contributed by atoms with E-state index in [4.69, 9.17) is 14.6 Å². The molecule has 0 amide bonds. The van der Waals surface area contributed by atoms with E-state index in [1.54, 1.807) is 0 Å². The number of aromatic hydroxyl groups is 1. The van der Waals surface area contributed by atoms with Gasteiger partial charge in [0.2, 0.25) is 0 Å². The zero-order valence-corrected chi connectivity index (χ0v) is 27.4. The van der Waals surface area contributed by atoms with Gasteiger partial charge in [0.15, 0.2) is 0 Å². The van der Waals surface area contributed by atoms with E-state index >= 15 is 0 Å². The molecule has 0 aromatic heterocycles. The number of benzene rings is 3. The van der Waals surface area contributed by atoms with Crippen molar-refractivity contribution in [2.45, 2.75) is 118 Å². The van der Waals surface area contributed by atoms with Crippen molar-refractivity contribution in [3.8, 4) is 17.2 Å². The first-order valence-electron chi connectivity index (χ1n) is 16.3. The van der Waals surface area contributed by atoms with Crippen molar-refractivity contribution in [3.63, 3.8) is 0 Å². The number of rotatable bonds is 4. The van der Waals surface area contributed by atoms with Crippen molar-refractivity contribution in [2.75, 3.05) is 13.1 Å². The Bertz CT molecular complexity index is 1110. The minimum absolute atomic E-state index is 0.0463. The summed E-state index contributed by atoms with van der Waals surface area (Å²) in [4.78, 5) is 0. The van der Waals surface area contributed by atoms with Gasteiger partial charge in [-0.2, -0.15) is 0 Å². The lowest BCUT2D eigenvalue weighted by atomic mass is 10.1. The van der Waals surface area contributed by atoms with Gasteiger partial charge in [0.25, 0.3) is 0 Å². The molecule has 0 bridgehead atoms. The zero-order chi connectivity index (χ0) is 31.2. The number of nitrogens with one attached hydrogen (secondary N) is 1. The third-order valence-corrected chi connectivity index (χ3v) is 8.47. The molecule has 6 rings (SSSR count). The maximum absolute atomic E-state index is 9.21. The number of phenols is 1. The van der Waals surface area contributed by atoms with E-state index in [1.807, 2.05) is 32.0 Å². The number of hydrogen-bond donors (Lipinski definition) is 3. The number of phenolic OH excluding ortho intramolecular Hbond substituents is 1. The number of ether oxygens (including phenoxy) is 2. The highest BCUT2D eigenvalue weighted by atomic mass is 16.5. The first-order valence-corrected chi connectivity index (χ1v) is 16.3. The number of para-hydroxylation sites is 3. The van der Waals surface area contributed by atoms with Crippen molar-refractivity contribution >= 4 is 0 Å². The molecule has 3 aromatic carbocycles. The maximum Gasteiger partial charge on any atom is 0.125 e. The average molecular weight is 590 g/mol. The molecule has 236 valence electrons. The first-order chi connectivity index (χ1) is 20.7. The molecule has 1 heterocycles. The fourth-order valence-corrected chi connectivity index (χ4v) is 5.75. The SMILES string of the molecule is Cc1cccc(C)c1O.Cc1cccc(C)c1OC1CCCC1.Cc1cccc(C)c1OC1CCNC1.OC1CCCC1. The largest absolute Gasteiger partial charge is 0.507 e. The van der Waals surface area contributed by atoms with Crippen LogP contribution in [0.4, 0.5) is 0 Å². The van der Waals surface area contributed by atoms with Crippen LogP contribution in [0.15, 0.2) is 54.6 Å². The molecule has 0 spiro atoms. The Morgan fingerprint density at radius 2 is 0.953 bits per heavy atom. The zero-order valence-electron chi connectivity index (χ0n) is 27.4. The minimum atomic E-state index is 0.0463. The second-order valence-corrected chi connectivity index (χ2v) is 12.4. The van der Waals surface area contributed by atoms with E-state index in [0.717, 1.165) is 55.0 Å². The molecule has 5 heteroatoms. The van der Waals surface area contributed by atoms with E-state index in [1.165, 1.54) is 60.8 Å². The highest BCUT2D eigenvalue weighted by Crippen LogP contribution is 2.29. The van der Waals surface area contributed by atoms with Gasteiger partial charge < -0.3 is 25.0 Å². The molecule has 1 saturated heterocycles. The van der Waals surface area contributed by atoms with Crippen LogP contribution in [0, 0.1) is 41.5 Å². The Labute approximate surface area is 260 Å². The summed E-state index contributed by atoms with van der Waals surface area (Å²) >= 11 is 0. The number of aliphatic hydroxyl groups excluding tert-OH is 1. The van der Waals surface area contributed by atoms with Crippen LogP contribution >= 0.6 is 0 Å². The minimum Gasteiger partial charge on any atom is -0.507 e. The molecule has 43 heavy (non-hydrogen) atoms. The molecule has 3 N–H and O–H groups in total. The Morgan fingerprint density at radius 1 is 0.558 bits per heavy atom. The smallest absolute Gasteiger partial charge is 0.125 e. The predicted molar refractivity (Wildman–Crippen MR) is 179 cm³/mol. The molecule has 1 atom stereocenters. The van der Waals surface area contributed by atoms with E-state index in [-0.39, 0.29) is 6.10 Å². The summed E-state index contributed by atoms with van der Waals surface area (Å²) in [6.45, 7) is 14.3. The summed E-state index contributed by atoms with van der Waals surface area (Å²) in [5, 5.41) is 21.2. The Balaban J connectivity index is 0.000000164. The van der Waals surface area contributed by atoms with Crippen LogP contribution in [0.5, 0.6) is 17.2 Å². The lowest BCUT2D eigenvalue weighted by molar-refractivity contribution is 0.183. The van der Waals surface area contributed by atoms with Crippen LogP contribution < -0.4 is 14.8 Å².